The fraction of sp³-hybridized carbons (Fsp3) is 0.688. The van der Waals surface area contributed by atoms with Crippen molar-refractivity contribution < 1.29 is 4.79 Å². The highest BCUT2D eigenvalue weighted by molar-refractivity contribution is 7.10. The first-order valence-corrected chi connectivity index (χ1v) is 8.34. The molecule has 2 aliphatic rings. The van der Waals surface area contributed by atoms with E-state index in [-0.39, 0.29) is 17.1 Å². The molecule has 3 rings (SSSR count). The summed E-state index contributed by atoms with van der Waals surface area (Å²) in [6.45, 7) is 9.83. The van der Waals surface area contributed by atoms with E-state index in [1.54, 1.807) is 11.3 Å². The van der Waals surface area contributed by atoms with Gasteiger partial charge in [-0.15, -0.1) is 11.3 Å². The van der Waals surface area contributed by atoms with Gasteiger partial charge >= 0.3 is 0 Å². The van der Waals surface area contributed by atoms with Crippen molar-refractivity contribution in [3.8, 4) is 0 Å². The van der Waals surface area contributed by atoms with Crippen molar-refractivity contribution in [2.75, 3.05) is 6.54 Å². The second-order valence-corrected chi connectivity index (χ2v) is 8.35. The highest BCUT2D eigenvalue weighted by atomic mass is 32.1. The van der Waals surface area contributed by atoms with E-state index >= 15 is 0 Å². The molecular weight excluding hydrogens is 268 g/mol. The minimum Gasteiger partial charge on any atom is -0.320 e. The van der Waals surface area contributed by atoms with Gasteiger partial charge in [-0.25, -0.2) is 0 Å². The van der Waals surface area contributed by atoms with Crippen molar-refractivity contribution >= 4 is 17.2 Å². The minimum absolute atomic E-state index is 0.0785. The summed E-state index contributed by atoms with van der Waals surface area (Å²) in [5.74, 6) is 0.789. The molecule has 1 aliphatic heterocycles. The molecule has 110 valence electrons. The van der Waals surface area contributed by atoms with Crippen molar-refractivity contribution in [2.45, 2.75) is 52.2 Å². The first-order valence-electron chi connectivity index (χ1n) is 7.46. The van der Waals surface area contributed by atoms with Gasteiger partial charge in [0.15, 0.2) is 0 Å². The molecule has 0 bridgehead atoms. The maximum Gasteiger partial charge on any atom is 0.244 e. The predicted molar refractivity (Wildman–Crippen MR) is 82.5 cm³/mol. The molecule has 2 unspecified atom stereocenters. The van der Waals surface area contributed by atoms with Crippen molar-refractivity contribution in [3.63, 3.8) is 0 Å². The molecule has 2 fully saturated rings. The smallest absolute Gasteiger partial charge is 0.244 e. The van der Waals surface area contributed by atoms with Crippen LogP contribution in [0.4, 0.5) is 0 Å². The van der Waals surface area contributed by atoms with Crippen LogP contribution in [0.2, 0.25) is 0 Å². The van der Waals surface area contributed by atoms with E-state index in [1.165, 1.54) is 4.88 Å². The van der Waals surface area contributed by atoms with Gasteiger partial charge in [-0.1, -0.05) is 33.8 Å². The summed E-state index contributed by atoms with van der Waals surface area (Å²) in [6.07, 6.45) is 2.07. The van der Waals surface area contributed by atoms with Crippen LogP contribution in [0.15, 0.2) is 17.5 Å². The number of nitrogens with zero attached hydrogens (tertiary/aromatic N) is 1. The number of amides is 1. The lowest BCUT2D eigenvalue weighted by molar-refractivity contribution is -0.131. The monoisotopic (exact) mass is 292 g/mol. The first-order chi connectivity index (χ1) is 9.33. The van der Waals surface area contributed by atoms with E-state index < -0.39 is 0 Å². The Morgan fingerprint density at radius 1 is 1.50 bits per heavy atom. The van der Waals surface area contributed by atoms with Gasteiger partial charge in [0.2, 0.25) is 5.91 Å². The molecule has 1 aromatic rings. The third-order valence-corrected chi connectivity index (χ3v) is 5.83. The van der Waals surface area contributed by atoms with Crippen LogP contribution in [-0.2, 0) is 4.79 Å². The Hall–Kier alpha value is -0.870. The number of carbonyl (C=O) groups is 1. The van der Waals surface area contributed by atoms with Crippen LogP contribution < -0.4 is 5.32 Å². The molecule has 1 saturated carbocycles. The number of nitrogens with one attached hydrogen (secondary N) is 1. The predicted octanol–water partition coefficient (Wildman–Crippen LogP) is 3.39. The molecule has 2 atom stereocenters. The van der Waals surface area contributed by atoms with Crippen molar-refractivity contribution in [1.29, 1.82) is 0 Å². The number of carbonyl (C=O) groups excluding carboxylic acids is 1. The lowest BCUT2D eigenvalue weighted by Gasteiger charge is -2.33. The number of hydrogen-bond acceptors (Lipinski definition) is 3. The molecule has 2 heterocycles. The topological polar surface area (TPSA) is 32.3 Å². The van der Waals surface area contributed by atoms with Gasteiger partial charge in [-0.2, -0.15) is 0 Å². The lowest BCUT2D eigenvalue weighted by atomic mass is 9.82. The van der Waals surface area contributed by atoms with Gasteiger partial charge in [0.25, 0.3) is 0 Å². The maximum absolute atomic E-state index is 12.7. The Morgan fingerprint density at radius 2 is 2.20 bits per heavy atom. The number of hydrogen-bond donors (Lipinski definition) is 1. The quantitative estimate of drug-likeness (QED) is 0.926. The minimum atomic E-state index is -0.230. The molecule has 4 heteroatoms. The van der Waals surface area contributed by atoms with Gasteiger partial charge in [-0.05, 0) is 35.6 Å². The van der Waals surface area contributed by atoms with E-state index in [0.29, 0.717) is 11.8 Å². The van der Waals surface area contributed by atoms with Gasteiger partial charge in [0.1, 0.15) is 11.7 Å². The summed E-state index contributed by atoms with van der Waals surface area (Å²) in [7, 11) is 0. The standard InChI is InChI=1S/C16H24N2OS/c1-11(15(2,3)4)10-18-13(12-6-5-9-20-12)17-16(7-8-16)14(18)19/h5-6,9,11,13,17H,7-8,10H2,1-4H3. The van der Waals surface area contributed by atoms with Crippen molar-refractivity contribution in [3.05, 3.63) is 22.4 Å². The zero-order valence-electron chi connectivity index (χ0n) is 12.8. The fourth-order valence-corrected chi connectivity index (χ4v) is 3.49. The third-order valence-electron chi connectivity index (χ3n) is 4.91. The second kappa shape index (κ2) is 4.57. The summed E-state index contributed by atoms with van der Waals surface area (Å²) >= 11 is 1.73. The van der Waals surface area contributed by atoms with Crippen molar-refractivity contribution in [1.82, 2.24) is 10.2 Å². The zero-order valence-corrected chi connectivity index (χ0v) is 13.6. The van der Waals surface area contributed by atoms with E-state index in [9.17, 15) is 4.79 Å². The zero-order chi connectivity index (χ0) is 14.5. The van der Waals surface area contributed by atoms with Crippen LogP contribution in [0.25, 0.3) is 0 Å². The van der Waals surface area contributed by atoms with Gasteiger partial charge in [-0.3, -0.25) is 10.1 Å². The lowest BCUT2D eigenvalue weighted by Crippen LogP contribution is -2.38. The summed E-state index contributed by atoms with van der Waals surface area (Å²) < 4.78 is 0. The average Bonchev–Trinajstić information content (AvgIpc) is 2.84. The molecule has 1 N–H and O–H groups in total. The molecule has 1 spiro atoms. The highest BCUT2D eigenvalue weighted by Crippen LogP contribution is 2.47. The Kier molecular flexibility index (Phi) is 3.22. The molecular formula is C16H24N2OS. The van der Waals surface area contributed by atoms with Crippen LogP contribution in [0.3, 0.4) is 0 Å². The molecule has 0 aromatic carbocycles. The molecule has 1 saturated heterocycles. The molecule has 1 amide bonds. The molecule has 20 heavy (non-hydrogen) atoms. The van der Waals surface area contributed by atoms with Gasteiger partial charge in [0, 0.05) is 11.4 Å². The van der Waals surface area contributed by atoms with Crippen LogP contribution in [0.1, 0.15) is 51.6 Å². The summed E-state index contributed by atoms with van der Waals surface area (Å²) in [5.41, 5.74) is -0.00809. The fourth-order valence-electron chi connectivity index (χ4n) is 2.71. The summed E-state index contributed by atoms with van der Waals surface area (Å²) in [5, 5.41) is 5.68. The van der Waals surface area contributed by atoms with Crippen LogP contribution in [-0.4, -0.2) is 22.9 Å². The largest absolute Gasteiger partial charge is 0.320 e. The molecule has 3 nitrogen and oxygen atoms in total. The van der Waals surface area contributed by atoms with E-state index in [1.807, 2.05) is 0 Å². The SMILES string of the molecule is CC(CN1C(=O)C2(CC2)NC1c1cccs1)C(C)(C)C. The van der Waals surface area contributed by atoms with Gasteiger partial charge in [0.05, 0.1) is 0 Å². The summed E-state index contributed by atoms with van der Waals surface area (Å²) in [6, 6.07) is 4.20. The first kappa shape index (κ1) is 14.1. The molecule has 1 aliphatic carbocycles. The van der Waals surface area contributed by atoms with Crippen LogP contribution in [0.5, 0.6) is 0 Å². The van der Waals surface area contributed by atoms with E-state index in [4.69, 9.17) is 0 Å². The Balaban J connectivity index is 1.84. The van der Waals surface area contributed by atoms with E-state index in [2.05, 4.69) is 55.4 Å². The van der Waals surface area contributed by atoms with Crippen LogP contribution >= 0.6 is 11.3 Å². The average molecular weight is 292 g/mol. The maximum atomic E-state index is 12.7. The molecule has 1 aromatic heterocycles. The Morgan fingerprint density at radius 3 is 2.70 bits per heavy atom. The molecule has 0 radical (unpaired) electrons. The van der Waals surface area contributed by atoms with Gasteiger partial charge < -0.3 is 4.90 Å². The third kappa shape index (κ3) is 2.29. The highest BCUT2D eigenvalue weighted by Gasteiger charge is 2.59. The number of thiophene rings is 1. The van der Waals surface area contributed by atoms with E-state index in [0.717, 1.165) is 19.4 Å². The van der Waals surface area contributed by atoms with Crippen molar-refractivity contribution in [2.24, 2.45) is 11.3 Å². The summed E-state index contributed by atoms with van der Waals surface area (Å²) in [4.78, 5) is 16.1. The second-order valence-electron chi connectivity index (χ2n) is 7.37. The Labute approximate surface area is 125 Å². The Bertz CT molecular complexity index is 499. The normalized spacial score (nSPS) is 26.3. The number of rotatable bonds is 3. The van der Waals surface area contributed by atoms with Crippen LogP contribution in [0, 0.1) is 11.3 Å².